The molecule has 0 bridgehead atoms. The van der Waals surface area contributed by atoms with Gasteiger partial charge in [0.05, 0.1) is 17.5 Å². The summed E-state index contributed by atoms with van der Waals surface area (Å²) in [4.78, 5) is 19.2. The highest BCUT2D eigenvalue weighted by Gasteiger charge is 2.20. The minimum absolute atomic E-state index is 0.191. The third-order valence-electron chi connectivity index (χ3n) is 5.01. The highest BCUT2D eigenvalue weighted by Crippen LogP contribution is 2.21. The normalized spacial score (nSPS) is 14.0. The summed E-state index contributed by atoms with van der Waals surface area (Å²) >= 11 is 0. The molecule has 0 saturated heterocycles. The predicted molar refractivity (Wildman–Crippen MR) is 94.7 cm³/mol. The van der Waals surface area contributed by atoms with Gasteiger partial charge in [0.2, 0.25) is 5.91 Å². The molecule has 0 spiro atoms. The Labute approximate surface area is 141 Å². The molecule has 2 heterocycles. The maximum absolute atomic E-state index is 12.7. The van der Waals surface area contributed by atoms with Gasteiger partial charge in [-0.1, -0.05) is 30.3 Å². The van der Waals surface area contributed by atoms with Gasteiger partial charge in [-0.25, -0.2) is 4.98 Å². The first kappa shape index (κ1) is 14.9. The summed E-state index contributed by atoms with van der Waals surface area (Å²) in [5.41, 5.74) is 5.74. The van der Waals surface area contributed by atoms with Gasteiger partial charge in [0.1, 0.15) is 5.82 Å². The molecule has 0 unspecified atom stereocenters. The monoisotopic (exact) mass is 319 g/mol. The lowest BCUT2D eigenvalue weighted by molar-refractivity contribution is -0.131. The van der Waals surface area contributed by atoms with Gasteiger partial charge in [0.25, 0.3) is 0 Å². The summed E-state index contributed by atoms with van der Waals surface area (Å²) in [5, 5.41) is 0. The first-order valence-corrected chi connectivity index (χ1v) is 8.38. The summed E-state index contributed by atoms with van der Waals surface area (Å²) in [6.07, 6.45) is 1.38. The smallest absolute Gasteiger partial charge is 0.227 e. The van der Waals surface area contributed by atoms with Crippen LogP contribution in [-0.4, -0.2) is 26.9 Å². The minimum Gasteiger partial charge on any atom is -0.338 e. The van der Waals surface area contributed by atoms with Crippen molar-refractivity contribution in [3.63, 3.8) is 0 Å². The van der Waals surface area contributed by atoms with E-state index in [1.807, 2.05) is 37.1 Å². The Kier molecular flexibility index (Phi) is 3.60. The molecule has 1 aromatic heterocycles. The number of nitrogens with zero attached hydrogens (tertiary/aromatic N) is 3. The summed E-state index contributed by atoms with van der Waals surface area (Å²) in [7, 11) is 2.01. The van der Waals surface area contributed by atoms with Crippen LogP contribution < -0.4 is 0 Å². The second-order valence-electron chi connectivity index (χ2n) is 6.55. The van der Waals surface area contributed by atoms with Gasteiger partial charge in [-0.3, -0.25) is 4.79 Å². The van der Waals surface area contributed by atoms with Crippen LogP contribution in [0.1, 0.15) is 22.5 Å². The quantitative estimate of drug-likeness (QED) is 0.728. The van der Waals surface area contributed by atoms with E-state index in [0.29, 0.717) is 6.42 Å². The fourth-order valence-corrected chi connectivity index (χ4v) is 3.47. The number of hydrogen-bond donors (Lipinski definition) is 0. The molecule has 0 atom stereocenters. The molecule has 0 aliphatic carbocycles. The molecular formula is C20H21N3O. The van der Waals surface area contributed by atoms with Gasteiger partial charge in [-0.2, -0.15) is 0 Å². The number of fused-ring (bicyclic) bond motifs is 2. The van der Waals surface area contributed by atoms with Crippen molar-refractivity contribution in [2.45, 2.75) is 26.3 Å². The fraction of sp³-hybridized carbons (Fsp3) is 0.300. The zero-order valence-corrected chi connectivity index (χ0v) is 14.1. The molecule has 122 valence electrons. The molecule has 0 saturated carbocycles. The average molecular weight is 319 g/mol. The number of aryl methyl sites for hydroxylation is 2. The molecule has 0 N–H and O–H groups in total. The molecule has 0 radical (unpaired) electrons. The standard InChI is InChI=1S/C20H21N3O/c1-14-21-18-11-15(7-8-19(18)22(14)2)12-20(24)23-10-9-16-5-3-4-6-17(16)13-23/h3-8,11H,9-10,12-13H2,1-2H3. The summed E-state index contributed by atoms with van der Waals surface area (Å²) in [5.74, 6) is 1.18. The summed E-state index contributed by atoms with van der Waals surface area (Å²) < 4.78 is 2.07. The van der Waals surface area contributed by atoms with Gasteiger partial charge in [-0.15, -0.1) is 0 Å². The molecular weight excluding hydrogens is 298 g/mol. The third-order valence-corrected chi connectivity index (χ3v) is 5.01. The van der Waals surface area contributed by atoms with Crippen molar-refractivity contribution in [1.82, 2.24) is 14.5 Å². The molecule has 1 aliphatic heterocycles. The van der Waals surface area contributed by atoms with Crippen molar-refractivity contribution in [2.24, 2.45) is 7.05 Å². The number of carbonyl (C=O) groups excluding carboxylic acids is 1. The van der Waals surface area contributed by atoms with Gasteiger partial charge in [-0.05, 0) is 42.2 Å². The highest BCUT2D eigenvalue weighted by atomic mass is 16.2. The van der Waals surface area contributed by atoms with E-state index in [2.05, 4.69) is 33.8 Å². The SMILES string of the molecule is Cc1nc2cc(CC(=O)N3CCc4ccccc4C3)ccc2n1C. The predicted octanol–water partition coefficient (Wildman–Crippen LogP) is 3.01. The number of hydrogen-bond acceptors (Lipinski definition) is 2. The lowest BCUT2D eigenvalue weighted by Gasteiger charge is -2.29. The lowest BCUT2D eigenvalue weighted by Crippen LogP contribution is -2.36. The summed E-state index contributed by atoms with van der Waals surface area (Å²) in [6.45, 7) is 3.52. The molecule has 4 rings (SSSR count). The van der Waals surface area contributed by atoms with E-state index in [1.54, 1.807) is 0 Å². The maximum Gasteiger partial charge on any atom is 0.227 e. The molecule has 0 fully saturated rings. The number of carbonyl (C=O) groups is 1. The Morgan fingerprint density at radius 2 is 1.96 bits per heavy atom. The van der Waals surface area contributed by atoms with Crippen LogP contribution in [0.15, 0.2) is 42.5 Å². The Morgan fingerprint density at radius 1 is 1.17 bits per heavy atom. The van der Waals surface area contributed by atoms with Crippen molar-refractivity contribution in [3.8, 4) is 0 Å². The minimum atomic E-state index is 0.191. The van der Waals surface area contributed by atoms with Crippen LogP contribution in [0.5, 0.6) is 0 Å². The van der Waals surface area contributed by atoms with E-state index < -0.39 is 0 Å². The van der Waals surface area contributed by atoms with Crippen LogP contribution in [0.2, 0.25) is 0 Å². The molecule has 4 heteroatoms. The second kappa shape index (κ2) is 5.78. The van der Waals surface area contributed by atoms with Crippen LogP contribution in [0, 0.1) is 6.92 Å². The van der Waals surface area contributed by atoms with Crippen molar-refractivity contribution in [1.29, 1.82) is 0 Å². The number of aromatic nitrogens is 2. The molecule has 4 nitrogen and oxygen atoms in total. The Hall–Kier alpha value is -2.62. The first-order chi connectivity index (χ1) is 11.6. The highest BCUT2D eigenvalue weighted by molar-refractivity contribution is 5.82. The topological polar surface area (TPSA) is 38.1 Å². The van der Waals surface area contributed by atoms with E-state index in [-0.39, 0.29) is 5.91 Å². The number of imidazole rings is 1. The number of rotatable bonds is 2. The van der Waals surface area contributed by atoms with Crippen LogP contribution in [0.25, 0.3) is 11.0 Å². The zero-order chi connectivity index (χ0) is 16.7. The molecule has 24 heavy (non-hydrogen) atoms. The number of amides is 1. The molecule has 2 aromatic carbocycles. The van der Waals surface area contributed by atoms with E-state index in [9.17, 15) is 4.79 Å². The Morgan fingerprint density at radius 3 is 2.79 bits per heavy atom. The Bertz CT molecular complexity index is 926. The van der Waals surface area contributed by atoms with Crippen LogP contribution >= 0.6 is 0 Å². The van der Waals surface area contributed by atoms with E-state index in [0.717, 1.165) is 41.9 Å². The fourth-order valence-electron chi connectivity index (χ4n) is 3.47. The van der Waals surface area contributed by atoms with E-state index in [4.69, 9.17) is 0 Å². The van der Waals surface area contributed by atoms with Gasteiger partial charge in [0.15, 0.2) is 0 Å². The lowest BCUT2D eigenvalue weighted by atomic mass is 9.99. The van der Waals surface area contributed by atoms with Crippen molar-refractivity contribution >= 4 is 16.9 Å². The number of benzene rings is 2. The molecule has 1 aliphatic rings. The van der Waals surface area contributed by atoms with Crippen LogP contribution in [0.4, 0.5) is 0 Å². The average Bonchev–Trinajstić information content (AvgIpc) is 2.88. The van der Waals surface area contributed by atoms with Crippen molar-refractivity contribution < 1.29 is 4.79 Å². The first-order valence-electron chi connectivity index (χ1n) is 8.38. The maximum atomic E-state index is 12.7. The van der Waals surface area contributed by atoms with Gasteiger partial charge in [0, 0.05) is 20.1 Å². The third kappa shape index (κ3) is 2.58. The summed E-state index contributed by atoms with van der Waals surface area (Å²) in [6, 6.07) is 14.5. The Balaban J connectivity index is 1.52. The van der Waals surface area contributed by atoms with Crippen LogP contribution in [0.3, 0.4) is 0 Å². The van der Waals surface area contributed by atoms with Crippen molar-refractivity contribution in [2.75, 3.05) is 6.54 Å². The van der Waals surface area contributed by atoms with Crippen LogP contribution in [-0.2, 0) is 31.2 Å². The van der Waals surface area contributed by atoms with Gasteiger partial charge >= 0.3 is 0 Å². The van der Waals surface area contributed by atoms with Crippen molar-refractivity contribution in [3.05, 3.63) is 65.0 Å². The largest absolute Gasteiger partial charge is 0.338 e. The van der Waals surface area contributed by atoms with E-state index >= 15 is 0 Å². The van der Waals surface area contributed by atoms with E-state index in [1.165, 1.54) is 11.1 Å². The van der Waals surface area contributed by atoms with Gasteiger partial charge < -0.3 is 9.47 Å². The molecule has 1 amide bonds. The zero-order valence-electron chi connectivity index (χ0n) is 14.1. The second-order valence-corrected chi connectivity index (χ2v) is 6.55. The molecule has 3 aromatic rings.